The number of ether oxygens (including phenoxy) is 2. The lowest BCUT2D eigenvalue weighted by atomic mass is 10.2. The predicted octanol–water partition coefficient (Wildman–Crippen LogP) is 3.08. The normalized spacial score (nSPS) is 10.2. The van der Waals surface area contributed by atoms with Crippen LogP contribution in [0.4, 0.5) is 0 Å². The number of nitrogens with one attached hydrogen (secondary N) is 1. The zero-order valence-corrected chi connectivity index (χ0v) is 15.3. The summed E-state index contributed by atoms with van der Waals surface area (Å²) in [6, 6.07) is 10.4. The van der Waals surface area contributed by atoms with Gasteiger partial charge in [-0.3, -0.25) is 14.4 Å². The van der Waals surface area contributed by atoms with Crippen molar-refractivity contribution in [3.8, 4) is 5.75 Å². The molecule has 138 valence electrons. The van der Waals surface area contributed by atoms with Gasteiger partial charge in [-0.25, -0.2) is 0 Å². The number of benzene rings is 1. The van der Waals surface area contributed by atoms with Gasteiger partial charge in [-0.1, -0.05) is 18.2 Å². The second-order valence-corrected chi connectivity index (χ2v) is 6.28. The van der Waals surface area contributed by atoms with E-state index in [0.717, 1.165) is 0 Å². The molecule has 0 radical (unpaired) electrons. The molecule has 7 heteroatoms. The Balaban J connectivity index is 1.68. The highest BCUT2D eigenvalue weighted by molar-refractivity contribution is 7.12. The van der Waals surface area contributed by atoms with Gasteiger partial charge in [-0.2, -0.15) is 0 Å². The number of ketones is 1. The molecular formula is C19H21NO5S. The molecule has 0 fully saturated rings. The van der Waals surface area contributed by atoms with Gasteiger partial charge in [0.25, 0.3) is 5.91 Å². The van der Waals surface area contributed by atoms with Crippen molar-refractivity contribution in [2.45, 2.75) is 19.8 Å². The average molecular weight is 375 g/mol. The summed E-state index contributed by atoms with van der Waals surface area (Å²) in [5.41, 5.74) is 0.365. The van der Waals surface area contributed by atoms with E-state index in [9.17, 15) is 14.4 Å². The molecule has 1 amide bonds. The molecule has 0 aliphatic heterocycles. The third-order valence-electron chi connectivity index (χ3n) is 3.43. The van der Waals surface area contributed by atoms with Gasteiger partial charge < -0.3 is 14.8 Å². The molecule has 0 unspecified atom stereocenters. The molecule has 1 N–H and O–H groups in total. The van der Waals surface area contributed by atoms with Gasteiger partial charge in [0.05, 0.1) is 23.7 Å². The number of carbonyl (C=O) groups excluding carboxylic acids is 3. The molecule has 2 aromatic rings. The number of amides is 1. The summed E-state index contributed by atoms with van der Waals surface area (Å²) < 4.78 is 10.4. The lowest BCUT2D eigenvalue weighted by Gasteiger charge is -2.10. The molecule has 0 spiro atoms. The van der Waals surface area contributed by atoms with E-state index >= 15 is 0 Å². The van der Waals surface area contributed by atoms with Crippen molar-refractivity contribution in [2.24, 2.45) is 0 Å². The van der Waals surface area contributed by atoms with Crippen LogP contribution in [0, 0.1) is 0 Å². The fraction of sp³-hybridized carbons (Fsp3) is 0.316. The van der Waals surface area contributed by atoms with Crippen LogP contribution in [0.15, 0.2) is 41.8 Å². The zero-order valence-electron chi connectivity index (χ0n) is 14.5. The first-order valence-corrected chi connectivity index (χ1v) is 9.22. The van der Waals surface area contributed by atoms with Crippen LogP contribution in [0.25, 0.3) is 0 Å². The first-order chi connectivity index (χ1) is 12.6. The van der Waals surface area contributed by atoms with Crippen LogP contribution in [0.3, 0.4) is 0 Å². The van der Waals surface area contributed by atoms with E-state index in [0.29, 0.717) is 35.6 Å². The summed E-state index contributed by atoms with van der Waals surface area (Å²) in [6.07, 6.45) is 0.769. The number of thiophene rings is 1. The van der Waals surface area contributed by atoms with Gasteiger partial charge in [-0.05, 0) is 36.9 Å². The Kier molecular flexibility index (Phi) is 7.82. The minimum atomic E-state index is -0.546. The van der Waals surface area contributed by atoms with E-state index in [2.05, 4.69) is 5.32 Å². The molecule has 1 aromatic carbocycles. The Morgan fingerprint density at radius 2 is 1.92 bits per heavy atom. The van der Waals surface area contributed by atoms with Crippen LogP contribution in [-0.2, 0) is 9.53 Å². The maximum absolute atomic E-state index is 12.2. The highest BCUT2D eigenvalue weighted by Crippen LogP contribution is 2.17. The lowest BCUT2D eigenvalue weighted by molar-refractivity contribution is -0.142. The molecule has 26 heavy (non-hydrogen) atoms. The first-order valence-electron chi connectivity index (χ1n) is 8.34. The molecule has 0 aliphatic rings. The minimum Gasteiger partial charge on any atom is -0.493 e. The molecule has 6 nitrogen and oxygen atoms in total. The highest BCUT2D eigenvalue weighted by atomic mass is 32.1. The van der Waals surface area contributed by atoms with Crippen LogP contribution in [0.5, 0.6) is 5.75 Å². The van der Waals surface area contributed by atoms with Crippen LogP contribution in [-0.4, -0.2) is 37.4 Å². The number of rotatable bonds is 10. The van der Waals surface area contributed by atoms with Crippen molar-refractivity contribution in [2.75, 3.05) is 19.8 Å². The third-order valence-corrected chi connectivity index (χ3v) is 4.34. The predicted molar refractivity (Wildman–Crippen MR) is 98.8 cm³/mol. The summed E-state index contributed by atoms with van der Waals surface area (Å²) in [5.74, 6) is -0.445. The second kappa shape index (κ2) is 10.4. The lowest BCUT2D eigenvalue weighted by Crippen LogP contribution is -2.31. The zero-order chi connectivity index (χ0) is 18.8. The van der Waals surface area contributed by atoms with Crippen LogP contribution >= 0.6 is 11.3 Å². The third kappa shape index (κ3) is 6.00. The van der Waals surface area contributed by atoms with Crippen molar-refractivity contribution in [3.05, 3.63) is 52.2 Å². The molecule has 0 saturated carbocycles. The standard InChI is InChI=1S/C19H21NO5S/c1-2-24-16-9-4-3-7-14(16)19(23)20-13-18(22)25-11-5-8-15(21)17-10-6-12-26-17/h3-4,6-7,9-10,12H,2,5,8,11,13H2,1H3,(H,20,23). The number of esters is 1. The topological polar surface area (TPSA) is 81.7 Å². The van der Waals surface area contributed by atoms with E-state index < -0.39 is 11.9 Å². The van der Waals surface area contributed by atoms with E-state index in [-0.39, 0.29) is 18.9 Å². The van der Waals surface area contributed by atoms with E-state index in [4.69, 9.17) is 9.47 Å². The highest BCUT2D eigenvalue weighted by Gasteiger charge is 2.13. The molecule has 2 rings (SSSR count). The number of hydrogen-bond acceptors (Lipinski definition) is 6. The number of para-hydroxylation sites is 1. The molecule has 0 atom stereocenters. The molecule has 0 aliphatic carbocycles. The molecule has 1 heterocycles. The van der Waals surface area contributed by atoms with Crippen LogP contribution in [0.2, 0.25) is 0 Å². The van der Waals surface area contributed by atoms with Gasteiger partial charge in [0, 0.05) is 6.42 Å². The van der Waals surface area contributed by atoms with E-state index in [1.165, 1.54) is 11.3 Å². The SMILES string of the molecule is CCOc1ccccc1C(=O)NCC(=O)OCCCC(=O)c1cccs1. The molecule has 0 saturated heterocycles. The van der Waals surface area contributed by atoms with Gasteiger partial charge in [0.2, 0.25) is 0 Å². The molecule has 0 bridgehead atoms. The fourth-order valence-corrected chi connectivity index (χ4v) is 2.91. The van der Waals surface area contributed by atoms with Crippen molar-refractivity contribution in [1.29, 1.82) is 0 Å². The van der Waals surface area contributed by atoms with Crippen molar-refractivity contribution in [1.82, 2.24) is 5.32 Å². The Morgan fingerprint density at radius 3 is 2.65 bits per heavy atom. The largest absolute Gasteiger partial charge is 0.493 e. The second-order valence-electron chi connectivity index (χ2n) is 5.34. The Hall–Kier alpha value is -2.67. The van der Waals surface area contributed by atoms with Gasteiger partial charge in [-0.15, -0.1) is 11.3 Å². The van der Waals surface area contributed by atoms with Crippen molar-refractivity contribution >= 4 is 29.0 Å². The smallest absolute Gasteiger partial charge is 0.325 e. The van der Waals surface area contributed by atoms with Crippen molar-refractivity contribution in [3.63, 3.8) is 0 Å². The quantitative estimate of drug-likeness (QED) is 0.392. The number of carbonyl (C=O) groups is 3. The van der Waals surface area contributed by atoms with E-state index in [1.807, 2.05) is 18.4 Å². The van der Waals surface area contributed by atoms with Gasteiger partial charge in [0.1, 0.15) is 12.3 Å². The molecule has 1 aromatic heterocycles. The molecular weight excluding hydrogens is 354 g/mol. The maximum Gasteiger partial charge on any atom is 0.325 e. The Labute approximate surface area is 156 Å². The Morgan fingerprint density at radius 1 is 1.12 bits per heavy atom. The van der Waals surface area contributed by atoms with E-state index in [1.54, 1.807) is 30.3 Å². The fourth-order valence-electron chi connectivity index (χ4n) is 2.21. The van der Waals surface area contributed by atoms with Crippen LogP contribution < -0.4 is 10.1 Å². The summed E-state index contributed by atoms with van der Waals surface area (Å²) in [6.45, 7) is 2.17. The maximum atomic E-state index is 12.2. The average Bonchev–Trinajstić information content (AvgIpc) is 3.18. The monoisotopic (exact) mass is 375 g/mol. The first kappa shape index (κ1) is 19.7. The van der Waals surface area contributed by atoms with Gasteiger partial charge in [0.15, 0.2) is 5.78 Å². The Bertz CT molecular complexity index is 742. The van der Waals surface area contributed by atoms with Crippen LogP contribution in [0.1, 0.15) is 39.8 Å². The summed E-state index contributed by atoms with van der Waals surface area (Å²) in [7, 11) is 0. The number of hydrogen-bond donors (Lipinski definition) is 1. The van der Waals surface area contributed by atoms with Crippen molar-refractivity contribution < 1.29 is 23.9 Å². The van der Waals surface area contributed by atoms with Gasteiger partial charge >= 0.3 is 5.97 Å². The summed E-state index contributed by atoms with van der Waals surface area (Å²) in [4.78, 5) is 36.4. The summed E-state index contributed by atoms with van der Waals surface area (Å²) in [5, 5.41) is 4.36. The summed E-state index contributed by atoms with van der Waals surface area (Å²) >= 11 is 1.39. The minimum absolute atomic E-state index is 0.0388. The number of Topliss-reactive ketones (excluding diaryl/α,β-unsaturated/α-hetero) is 1.